The highest BCUT2D eigenvalue weighted by Crippen LogP contribution is 2.30. The molecule has 1 N–H and O–H groups in total. The molecule has 1 fully saturated rings. The number of benzene rings is 1. The summed E-state index contributed by atoms with van der Waals surface area (Å²) in [4.78, 5) is 16.6. The van der Waals surface area contributed by atoms with Crippen LogP contribution in [0.3, 0.4) is 0 Å². The Morgan fingerprint density at radius 1 is 1.38 bits per heavy atom. The monoisotopic (exact) mass is 290 g/mol. The van der Waals surface area contributed by atoms with Crippen molar-refractivity contribution >= 4 is 5.91 Å². The second-order valence-corrected chi connectivity index (χ2v) is 5.80. The molecule has 0 bridgehead atoms. The van der Waals surface area contributed by atoms with E-state index in [0.29, 0.717) is 19.7 Å². The van der Waals surface area contributed by atoms with Crippen LogP contribution >= 0.6 is 0 Å². The average molecular weight is 290 g/mol. The molecule has 1 aromatic rings. The Morgan fingerprint density at radius 2 is 2.19 bits per heavy atom. The van der Waals surface area contributed by atoms with Crippen LogP contribution in [0.15, 0.2) is 24.3 Å². The number of aliphatic hydroxyl groups is 1. The smallest absolute Gasteiger partial charge is 0.253 e. The molecular formula is C16H22N2O3. The van der Waals surface area contributed by atoms with Crippen molar-refractivity contribution in [2.24, 2.45) is 0 Å². The summed E-state index contributed by atoms with van der Waals surface area (Å²) in [6.07, 6.45) is 0.420. The van der Waals surface area contributed by atoms with E-state index >= 15 is 0 Å². The first-order valence-electron chi connectivity index (χ1n) is 7.50. The average Bonchev–Trinajstić information content (AvgIpc) is 2.53. The van der Waals surface area contributed by atoms with E-state index in [9.17, 15) is 9.90 Å². The molecule has 21 heavy (non-hydrogen) atoms. The SMILES string of the molecule is CN1CCO[C@H](C(=O)N2CCc3ccccc3[C@H]2CO)C1. The molecule has 0 spiro atoms. The van der Waals surface area contributed by atoms with Crippen molar-refractivity contribution < 1.29 is 14.6 Å². The Hall–Kier alpha value is -1.43. The highest BCUT2D eigenvalue weighted by Gasteiger charge is 2.35. The second kappa shape index (κ2) is 6.13. The number of ether oxygens (including phenoxy) is 1. The lowest BCUT2D eigenvalue weighted by atomic mass is 9.92. The molecule has 2 heterocycles. The maximum absolute atomic E-state index is 12.7. The minimum absolute atomic E-state index is 0.00453. The van der Waals surface area contributed by atoms with E-state index in [1.807, 2.05) is 25.2 Å². The fourth-order valence-corrected chi connectivity index (χ4v) is 3.22. The van der Waals surface area contributed by atoms with Gasteiger partial charge in [0.25, 0.3) is 5.91 Å². The van der Waals surface area contributed by atoms with Crippen molar-refractivity contribution in [3.8, 4) is 0 Å². The van der Waals surface area contributed by atoms with Gasteiger partial charge in [-0.2, -0.15) is 0 Å². The third kappa shape index (κ3) is 2.81. The molecular weight excluding hydrogens is 268 g/mol. The number of likely N-dealkylation sites (N-methyl/N-ethyl adjacent to an activating group) is 1. The van der Waals surface area contributed by atoms with Crippen LogP contribution in [0, 0.1) is 0 Å². The van der Waals surface area contributed by atoms with Crippen molar-refractivity contribution in [1.82, 2.24) is 9.80 Å². The van der Waals surface area contributed by atoms with Gasteiger partial charge in [-0.05, 0) is 24.6 Å². The standard InChI is InChI=1S/C16H22N2O3/c1-17-8-9-21-15(10-17)16(20)18-7-6-12-4-2-3-5-13(12)14(18)11-19/h2-5,14-15,19H,6-11H2,1H3/t14-,15+/m1/s1. The minimum atomic E-state index is -0.414. The molecule has 0 radical (unpaired) electrons. The van der Waals surface area contributed by atoms with Gasteiger partial charge in [-0.1, -0.05) is 24.3 Å². The van der Waals surface area contributed by atoms with Crippen LogP contribution < -0.4 is 0 Å². The molecule has 114 valence electrons. The van der Waals surface area contributed by atoms with E-state index in [4.69, 9.17) is 4.74 Å². The van der Waals surface area contributed by atoms with Crippen molar-refractivity contribution in [3.05, 3.63) is 35.4 Å². The third-order valence-corrected chi connectivity index (χ3v) is 4.41. The molecule has 5 heteroatoms. The highest BCUT2D eigenvalue weighted by atomic mass is 16.5. The van der Waals surface area contributed by atoms with Gasteiger partial charge in [-0.3, -0.25) is 4.79 Å². The molecule has 5 nitrogen and oxygen atoms in total. The normalized spacial score (nSPS) is 26.5. The number of rotatable bonds is 2. The number of amides is 1. The molecule has 2 aliphatic heterocycles. The van der Waals surface area contributed by atoms with Crippen LogP contribution in [0.2, 0.25) is 0 Å². The van der Waals surface area contributed by atoms with E-state index in [2.05, 4.69) is 11.0 Å². The van der Waals surface area contributed by atoms with Gasteiger partial charge in [-0.15, -0.1) is 0 Å². The first-order chi connectivity index (χ1) is 10.2. The van der Waals surface area contributed by atoms with E-state index in [-0.39, 0.29) is 18.6 Å². The third-order valence-electron chi connectivity index (χ3n) is 4.41. The van der Waals surface area contributed by atoms with Gasteiger partial charge in [-0.25, -0.2) is 0 Å². The number of fused-ring (bicyclic) bond motifs is 1. The Kier molecular flexibility index (Phi) is 4.24. The summed E-state index contributed by atoms with van der Waals surface area (Å²) >= 11 is 0. The molecule has 1 saturated heterocycles. The largest absolute Gasteiger partial charge is 0.394 e. The fourth-order valence-electron chi connectivity index (χ4n) is 3.22. The summed E-state index contributed by atoms with van der Waals surface area (Å²) in [6.45, 7) is 2.66. The lowest BCUT2D eigenvalue weighted by Crippen LogP contribution is -2.52. The number of hydrogen-bond donors (Lipinski definition) is 1. The predicted molar refractivity (Wildman–Crippen MR) is 78.9 cm³/mol. The van der Waals surface area contributed by atoms with Gasteiger partial charge in [0.05, 0.1) is 19.3 Å². The number of morpholine rings is 1. The van der Waals surface area contributed by atoms with Crippen molar-refractivity contribution in [2.45, 2.75) is 18.6 Å². The zero-order valence-electron chi connectivity index (χ0n) is 12.4. The van der Waals surface area contributed by atoms with Crippen LogP contribution in [0.1, 0.15) is 17.2 Å². The van der Waals surface area contributed by atoms with E-state index < -0.39 is 6.10 Å². The number of nitrogens with zero attached hydrogens (tertiary/aromatic N) is 2. The summed E-state index contributed by atoms with van der Waals surface area (Å²) in [5, 5.41) is 9.76. The maximum atomic E-state index is 12.7. The predicted octanol–water partition coefficient (Wildman–Crippen LogP) is 0.435. The van der Waals surface area contributed by atoms with Crippen molar-refractivity contribution in [2.75, 3.05) is 39.9 Å². The van der Waals surface area contributed by atoms with Crippen LogP contribution in [0.5, 0.6) is 0 Å². The van der Waals surface area contributed by atoms with Crippen LogP contribution in [0.25, 0.3) is 0 Å². The summed E-state index contributed by atoms with van der Waals surface area (Å²) < 4.78 is 5.63. The van der Waals surface area contributed by atoms with Gasteiger partial charge < -0.3 is 19.6 Å². The summed E-state index contributed by atoms with van der Waals surface area (Å²) in [5.74, 6) is -0.00453. The van der Waals surface area contributed by atoms with Gasteiger partial charge >= 0.3 is 0 Å². The van der Waals surface area contributed by atoms with E-state index in [1.165, 1.54) is 5.56 Å². The molecule has 3 rings (SSSR count). The lowest BCUT2D eigenvalue weighted by Gasteiger charge is -2.40. The summed E-state index contributed by atoms with van der Waals surface area (Å²) in [6, 6.07) is 7.79. The Labute approximate surface area is 125 Å². The first kappa shape index (κ1) is 14.5. The highest BCUT2D eigenvalue weighted by molar-refractivity contribution is 5.82. The first-order valence-corrected chi connectivity index (χ1v) is 7.50. The van der Waals surface area contributed by atoms with Gasteiger partial charge in [0.15, 0.2) is 0 Å². The number of hydrogen-bond acceptors (Lipinski definition) is 4. The van der Waals surface area contributed by atoms with Crippen LogP contribution in [-0.4, -0.2) is 66.8 Å². The molecule has 1 aromatic carbocycles. The molecule has 0 aliphatic carbocycles. The molecule has 0 saturated carbocycles. The lowest BCUT2D eigenvalue weighted by molar-refractivity contribution is -0.152. The number of carbonyl (C=O) groups is 1. The summed E-state index contributed by atoms with van der Waals surface area (Å²) in [5.41, 5.74) is 2.28. The van der Waals surface area contributed by atoms with Crippen LogP contribution in [0.4, 0.5) is 0 Å². The second-order valence-electron chi connectivity index (χ2n) is 5.80. The number of aliphatic hydroxyl groups excluding tert-OH is 1. The topological polar surface area (TPSA) is 53.0 Å². The van der Waals surface area contributed by atoms with Gasteiger partial charge in [0.2, 0.25) is 0 Å². The molecule has 2 atom stereocenters. The Morgan fingerprint density at radius 3 is 2.95 bits per heavy atom. The Bertz CT molecular complexity index is 520. The van der Waals surface area contributed by atoms with Crippen molar-refractivity contribution in [1.29, 1.82) is 0 Å². The molecule has 1 amide bonds. The van der Waals surface area contributed by atoms with Gasteiger partial charge in [0, 0.05) is 19.6 Å². The summed E-state index contributed by atoms with van der Waals surface area (Å²) in [7, 11) is 2.00. The van der Waals surface area contributed by atoms with E-state index in [1.54, 1.807) is 4.90 Å². The van der Waals surface area contributed by atoms with Gasteiger partial charge in [0.1, 0.15) is 6.10 Å². The zero-order valence-corrected chi connectivity index (χ0v) is 12.4. The quantitative estimate of drug-likeness (QED) is 0.858. The number of carbonyl (C=O) groups excluding carboxylic acids is 1. The minimum Gasteiger partial charge on any atom is -0.394 e. The fraction of sp³-hybridized carbons (Fsp3) is 0.562. The zero-order chi connectivity index (χ0) is 14.8. The molecule has 0 aromatic heterocycles. The van der Waals surface area contributed by atoms with Crippen molar-refractivity contribution in [3.63, 3.8) is 0 Å². The van der Waals surface area contributed by atoms with E-state index in [0.717, 1.165) is 18.5 Å². The molecule has 2 aliphatic rings. The maximum Gasteiger partial charge on any atom is 0.253 e. The van der Waals surface area contributed by atoms with Crippen LogP contribution in [-0.2, 0) is 16.0 Å². The molecule has 0 unspecified atom stereocenters. The Balaban J connectivity index is 1.80.